The number of rotatable bonds is 7. The van der Waals surface area contributed by atoms with E-state index in [1.165, 1.54) is 12.1 Å². The number of para-hydroxylation sites is 1. The summed E-state index contributed by atoms with van der Waals surface area (Å²) < 4.78 is 4.45. The van der Waals surface area contributed by atoms with Crippen molar-refractivity contribution in [1.29, 1.82) is 0 Å². The molecule has 1 aromatic carbocycles. The third kappa shape index (κ3) is 4.64. The fourth-order valence-corrected chi connectivity index (χ4v) is 1.67. The van der Waals surface area contributed by atoms with E-state index >= 15 is 0 Å². The number of amides is 2. The lowest BCUT2D eigenvalue weighted by molar-refractivity contribution is -0.384. The van der Waals surface area contributed by atoms with Crippen molar-refractivity contribution in [2.75, 3.05) is 25.0 Å². The molecule has 0 heterocycles. The van der Waals surface area contributed by atoms with Crippen molar-refractivity contribution in [2.24, 2.45) is 5.73 Å². The number of carbonyl (C=O) groups is 2. The molecular formula is C12H16N4O5. The van der Waals surface area contributed by atoms with Crippen molar-refractivity contribution in [2.45, 2.75) is 6.92 Å². The molecule has 0 radical (unpaired) electrons. The van der Waals surface area contributed by atoms with Crippen molar-refractivity contribution in [1.82, 2.24) is 5.32 Å². The van der Waals surface area contributed by atoms with Gasteiger partial charge in [-0.05, 0) is 19.1 Å². The second kappa shape index (κ2) is 7.68. The van der Waals surface area contributed by atoms with Crippen LogP contribution in [0.4, 0.5) is 16.2 Å². The summed E-state index contributed by atoms with van der Waals surface area (Å²) in [5, 5.41) is 16.4. The highest BCUT2D eigenvalue weighted by Crippen LogP contribution is 2.28. The minimum Gasteiger partial charge on any atom is -0.448 e. The average Bonchev–Trinajstić information content (AvgIpc) is 2.43. The number of anilines is 1. The highest BCUT2D eigenvalue weighted by molar-refractivity contribution is 6.00. The quantitative estimate of drug-likeness (QED) is 0.387. The van der Waals surface area contributed by atoms with E-state index in [-0.39, 0.29) is 30.1 Å². The van der Waals surface area contributed by atoms with Gasteiger partial charge in [-0.15, -0.1) is 0 Å². The summed E-state index contributed by atoms with van der Waals surface area (Å²) in [5.74, 6) is -0.630. The van der Waals surface area contributed by atoms with E-state index in [1.807, 2.05) is 0 Å². The van der Waals surface area contributed by atoms with Crippen LogP contribution in [-0.4, -0.2) is 36.6 Å². The number of hydrogen-bond acceptors (Lipinski definition) is 6. The molecule has 0 aliphatic carbocycles. The molecule has 0 aromatic heterocycles. The molecule has 0 atom stereocenters. The first-order valence-electron chi connectivity index (χ1n) is 6.19. The topological polar surface area (TPSA) is 137 Å². The van der Waals surface area contributed by atoms with Gasteiger partial charge in [-0.3, -0.25) is 14.9 Å². The van der Waals surface area contributed by atoms with Crippen molar-refractivity contribution in [3.63, 3.8) is 0 Å². The summed E-state index contributed by atoms with van der Waals surface area (Å²) in [6.45, 7) is 2.17. The normalized spacial score (nSPS) is 9.76. The number of nitrogens with one attached hydrogen (secondary N) is 2. The Morgan fingerprint density at radius 3 is 2.71 bits per heavy atom. The van der Waals surface area contributed by atoms with Gasteiger partial charge >= 0.3 is 11.8 Å². The Kier molecular flexibility index (Phi) is 5.93. The Morgan fingerprint density at radius 2 is 2.14 bits per heavy atom. The molecule has 1 aromatic rings. The third-order valence-corrected chi connectivity index (χ3v) is 2.46. The van der Waals surface area contributed by atoms with Crippen LogP contribution in [0.5, 0.6) is 0 Å². The first kappa shape index (κ1) is 16.2. The second-order valence-electron chi connectivity index (χ2n) is 3.91. The number of nitro benzene ring substituents is 1. The first-order valence-corrected chi connectivity index (χ1v) is 6.19. The van der Waals surface area contributed by atoms with Crippen molar-refractivity contribution < 1.29 is 19.2 Å². The molecule has 0 saturated heterocycles. The maximum absolute atomic E-state index is 12.0. The van der Waals surface area contributed by atoms with E-state index in [0.717, 1.165) is 0 Å². The SMILES string of the molecule is CCNc1cccc(C(=O)NCCOC(N)=O)c1[N+](=O)[O-]. The predicted octanol–water partition coefficient (Wildman–Crippen LogP) is 0.852. The van der Waals surface area contributed by atoms with E-state index < -0.39 is 16.9 Å². The molecule has 9 nitrogen and oxygen atoms in total. The molecule has 0 spiro atoms. The van der Waals surface area contributed by atoms with E-state index in [0.29, 0.717) is 6.54 Å². The van der Waals surface area contributed by atoms with E-state index in [9.17, 15) is 19.7 Å². The molecule has 0 bridgehead atoms. The van der Waals surface area contributed by atoms with Crippen LogP contribution in [-0.2, 0) is 4.74 Å². The Labute approximate surface area is 120 Å². The monoisotopic (exact) mass is 296 g/mol. The summed E-state index contributed by atoms with van der Waals surface area (Å²) in [5.41, 5.74) is 4.66. The zero-order chi connectivity index (χ0) is 15.8. The number of nitrogens with two attached hydrogens (primary N) is 1. The van der Waals surface area contributed by atoms with E-state index in [1.54, 1.807) is 13.0 Å². The Bertz CT molecular complexity index is 546. The van der Waals surface area contributed by atoms with Gasteiger partial charge in [0.05, 0.1) is 11.5 Å². The molecule has 1 rings (SSSR count). The lowest BCUT2D eigenvalue weighted by Gasteiger charge is -2.09. The van der Waals surface area contributed by atoms with Gasteiger partial charge in [0, 0.05) is 6.54 Å². The van der Waals surface area contributed by atoms with E-state index in [2.05, 4.69) is 15.4 Å². The highest BCUT2D eigenvalue weighted by atomic mass is 16.6. The van der Waals surface area contributed by atoms with Gasteiger partial charge in [0.25, 0.3) is 5.91 Å². The number of carbonyl (C=O) groups excluding carboxylic acids is 2. The van der Waals surface area contributed by atoms with Gasteiger partial charge in [-0.1, -0.05) is 6.07 Å². The largest absolute Gasteiger partial charge is 0.448 e. The minimum absolute atomic E-state index is 0.00433. The summed E-state index contributed by atoms with van der Waals surface area (Å²) >= 11 is 0. The Hall–Kier alpha value is -2.84. The van der Waals surface area contributed by atoms with Gasteiger partial charge in [0.1, 0.15) is 17.9 Å². The predicted molar refractivity (Wildman–Crippen MR) is 75.1 cm³/mol. The van der Waals surface area contributed by atoms with Crippen LogP contribution in [0.2, 0.25) is 0 Å². The van der Waals surface area contributed by atoms with Crippen LogP contribution in [0.15, 0.2) is 18.2 Å². The molecule has 0 saturated carbocycles. The smallest absolute Gasteiger partial charge is 0.404 e. The van der Waals surface area contributed by atoms with Gasteiger partial charge in [0.2, 0.25) is 0 Å². The van der Waals surface area contributed by atoms with Crippen molar-refractivity contribution >= 4 is 23.4 Å². The summed E-state index contributed by atoms with van der Waals surface area (Å²) in [4.78, 5) is 32.8. The summed E-state index contributed by atoms with van der Waals surface area (Å²) in [6.07, 6.45) is -0.954. The number of nitrogens with zero attached hydrogens (tertiary/aromatic N) is 1. The lowest BCUT2D eigenvalue weighted by Crippen LogP contribution is -2.29. The number of hydrogen-bond donors (Lipinski definition) is 3. The van der Waals surface area contributed by atoms with Crippen LogP contribution in [0, 0.1) is 10.1 Å². The van der Waals surface area contributed by atoms with Crippen molar-refractivity contribution in [3.8, 4) is 0 Å². The number of ether oxygens (including phenoxy) is 1. The maximum Gasteiger partial charge on any atom is 0.404 e. The minimum atomic E-state index is -0.954. The van der Waals surface area contributed by atoms with Crippen LogP contribution >= 0.6 is 0 Å². The van der Waals surface area contributed by atoms with Gasteiger partial charge in [-0.2, -0.15) is 0 Å². The highest BCUT2D eigenvalue weighted by Gasteiger charge is 2.23. The molecular weight excluding hydrogens is 280 g/mol. The van der Waals surface area contributed by atoms with Crippen LogP contribution in [0.3, 0.4) is 0 Å². The molecule has 2 amide bonds. The molecule has 0 fully saturated rings. The van der Waals surface area contributed by atoms with Crippen LogP contribution in [0.1, 0.15) is 17.3 Å². The number of primary amides is 1. The third-order valence-electron chi connectivity index (χ3n) is 2.46. The molecule has 21 heavy (non-hydrogen) atoms. The zero-order valence-electron chi connectivity index (χ0n) is 11.4. The van der Waals surface area contributed by atoms with Gasteiger partial charge in [0.15, 0.2) is 0 Å². The lowest BCUT2D eigenvalue weighted by atomic mass is 10.1. The summed E-state index contributed by atoms with van der Waals surface area (Å²) in [6, 6.07) is 4.41. The Balaban J connectivity index is 2.85. The standard InChI is InChI=1S/C12H16N4O5/c1-2-14-9-5-3-4-8(10(9)16(19)20)11(17)15-6-7-21-12(13)18/h3-5,14H,2,6-7H2,1H3,(H2,13,18)(H,15,17). The van der Waals surface area contributed by atoms with Crippen LogP contribution < -0.4 is 16.4 Å². The van der Waals surface area contributed by atoms with Gasteiger partial charge < -0.3 is 21.1 Å². The van der Waals surface area contributed by atoms with Crippen molar-refractivity contribution in [3.05, 3.63) is 33.9 Å². The zero-order valence-corrected chi connectivity index (χ0v) is 11.4. The molecule has 0 aliphatic heterocycles. The maximum atomic E-state index is 12.0. The fourth-order valence-electron chi connectivity index (χ4n) is 1.67. The molecule has 9 heteroatoms. The number of benzene rings is 1. The van der Waals surface area contributed by atoms with Gasteiger partial charge in [-0.25, -0.2) is 4.79 Å². The first-order chi connectivity index (χ1) is 9.97. The molecule has 4 N–H and O–H groups in total. The van der Waals surface area contributed by atoms with E-state index in [4.69, 9.17) is 5.73 Å². The number of nitro groups is 1. The Morgan fingerprint density at radius 1 is 1.43 bits per heavy atom. The molecule has 114 valence electrons. The average molecular weight is 296 g/mol. The molecule has 0 unspecified atom stereocenters. The summed E-state index contributed by atoms with van der Waals surface area (Å²) in [7, 11) is 0. The molecule has 0 aliphatic rings. The second-order valence-corrected chi connectivity index (χ2v) is 3.91. The fraction of sp³-hybridized carbons (Fsp3) is 0.333. The van der Waals surface area contributed by atoms with Crippen LogP contribution in [0.25, 0.3) is 0 Å².